The maximum absolute atomic E-state index is 12.6. The highest BCUT2D eigenvalue weighted by Gasteiger charge is 2.17. The van der Waals surface area contributed by atoms with E-state index in [1.165, 1.54) is 11.8 Å². The molecule has 0 aliphatic carbocycles. The lowest BCUT2D eigenvalue weighted by Gasteiger charge is -2.11. The predicted octanol–water partition coefficient (Wildman–Crippen LogP) is 6.29. The fourth-order valence-corrected chi connectivity index (χ4v) is 4.59. The van der Waals surface area contributed by atoms with E-state index >= 15 is 0 Å². The number of carbonyl (C=O) groups is 1. The van der Waals surface area contributed by atoms with Gasteiger partial charge >= 0.3 is 0 Å². The average molecular weight is 550 g/mol. The molecule has 0 bridgehead atoms. The third kappa shape index (κ3) is 6.75. The van der Waals surface area contributed by atoms with Crippen molar-refractivity contribution in [1.29, 1.82) is 0 Å². The third-order valence-corrected chi connectivity index (χ3v) is 6.77. The van der Waals surface area contributed by atoms with E-state index in [1.807, 2.05) is 115 Å². The van der Waals surface area contributed by atoms with E-state index in [4.69, 9.17) is 9.47 Å². The molecule has 0 saturated carbocycles. The van der Waals surface area contributed by atoms with Gasteiger partial charge in [0, 0.05) is 11.3 Å². The van der Waals surface area contributed by atoms with Gasteiger partial charge in [0.05, 0.1) is 19.1 Å². The molecule has 0 saturated heterocycles. The molecule has 8 nitrogen and oxygen atoms in total. The van der Waals surface area contributed by atoms with Crippen molar-refractivity contribution >= 4 is 23.9 Å². The zero-order chi connectivity index (χ0) is 27.7. The molecule has 1 heterocycles. The number of methoxy groups -OCH3 is 1. The van der Waals surface area contributed by atoms with Crippen LogP contribution >= 0.6 is 11.8 Å². The number of thioether (sulfide) groups is 1. The molecule has 5 rings (SSSR count). The Balaban J connectivity index is 1.25. The number of amides is 1. The van der Waals surface area contributed by atoms with Crippen molar-refractivity contribution in [2.24, 2.45) is 5.10 Å². The normalized spacial score (nSPS) is 10.9. The van der Waals surface area contributed by atoms with Crippen LogP contribution in [-0.2, 0) is 4.79 Å². The lowest BCUT2D eigenvalue weighted by molar-refractivity contribution is -0.118. The minimum absolute atomic E-state index is 0.112. The van der Waals surface area contributed by atoms with Crippen molar-refractivity contribution in [2.75, 3.05) is 12.9 Å². The number of aryl methyl sites for hydroxylation is 1. The smallest absolute Gasteiger partial charge is 0.250 e. The molecule has 0 aliphatic heterocycles. The fourth-order valence-electron chi connectivity index (χ4n) is 3.84. The number of hydrogen-bond donors (Lipinski definition) is 1. The van der Waals surface area contributed by atoms with Crippen LogP contribution in [0, 0.1) is 6.92 Å². The van der Waals surface area contributed by atoms with Crippen LogP contribution in [0.3, 0.4) is 0 Å². The van der Waals surface area contributed by atoms with Crippen molar-refractivity contribution in [1.82, 2.24) is 20.2 Å². The molecule has 0 radical (unpaired) electrons. The molecule has 4 aromatic carbocycles. The van der Waals surface area contributed by atoms with Crippen molar-refractivity contribution < 1.29 is 14.3 Å². The SMILES string of the molecule is COc1ccc(-c2nnc(SCC(=O)NN=Cc3cccc(Oc4ccccc4)c3)n2-c2ccc(C)cc2)cc1. The molecule has 0 aliphatic rings. The van der Waals surface area contributed by atoms with Gasteiger partial charge in [-0.2, -0.15) is 5.10 Å². The first kappa shape index (κ1) is 26.7. The summed E-state index contributed by atoms with van der Waals surface area (Å²) in [5.41, 5.74) is 6.31. The summed E-state index contributed by atoms with van der Waals surface area (Å²) in [5.74, 6) is 2.71. The first-order valence-corrected chi connectivity index (χ1v) is 13.5. The second-order valence-corrected chi connectivity index (χ2v) is 9.72. The highest BCUT2D eigenvalue weighted by atomic mass is 32.2. The molecule has 0 spiro atoms. The van der Waals surface area contributed by atoms with Crippen molar-refractivity contribution in [3.63, 3.8) is 0 Å². The Hall–Kier alpha value is -4.89. The Morgan fingerprint density at radius 3 is 2.40 bits per heavy atom. The predicted molar refractivity (Wildman–Crippen MR) is 158 cm³/mol. The van der Waals surface area contributed by atoms with Crippen LogP contribution in [0.2, 0.25) is 0 Å². The van der Waals surface area contributed by atoms with Gasteiger partial charge in [0.2, 0.25) is 0 Å². The first-order chi connectivity index (χ1) is 19.6. The maximum Gasteiger partial charge on any atom is 0.250 e. The van der Waals surface area contributed by atoms with E-state index < -0.39 is 0 Å². The first-order valence-electron chi connectivity index (χ1n) is 12.5. The van der Waals surface area contributed by atoms with Gasteiger partial charge in [-0.1, -0.05) is 59.8 Å². The minimum atomic E-state index is -0.262. The summed E-state index contributed by atoms with van der Waals surface area (Å²) in [7, 11) is 1.63. The molecular formula is C31H27N5O3S. The standard InChI is InChI=1S/C31H27N5O3S/c1-22-11-15-25(16-12-22)36-30(24-13-17-26(38-2)18-14-24)34-35-31(36)40-21-29(37)33-32-20-23-7-6-10-28(19-23)39-27-8-4-3-5-9-27/h3-20H,21H2,1-2H3,(H,33,37). The molecule has 1 aromatic heterocycles. The highest BCUT2D eigenvalue weighted by Crippen LogP contribution is 2.29. The maximum atomic E-state index is 12.6. The second kappa shape index (κ2) is 12.8. The zero-order valence-electron chi connectivity index (χ0n) is 22.0. The molecule has 5 aromatic rings. The van der Waals surface area contributed by atoms with Gasteiger partial charge in [-0.15, -0.1) is 10.2 Å². The lowest BCUT2D eigenvalue weighted by Crippen LogP contribution is -2.20. The number of benzene rings is 4. The molecule has 200 valence electrons. The summed E-state index contributed by atoms with van der Waals surface area (Å²) in [6.45, 7) is 2.04. The summed E-state index contributed by atoms with van der Waals surface area (Å²) in [6, 6.07) is 32.7. The van der Waals surface area contributed by atoms with Gasteiger partial charge in [0.15, 0.2) is 11.0 Å². The van der Waals surface area contributed by atoms with Crippen molar-refractivity contribution in [3.05, 3.63) is 114 Å². The summed E-state index contributed by atoms with van der Waals surface area (Å²) < 4.78 is 13.1. The van der Waals surface area contributed by atoms with Crippen LogP contribution in [0.5, 0.6) is 17.2 Å². The Labute approximate surface area is 236 Å². The number of aromatic nitrogens is 3. The molecule has 0 fully saturated rings. The minimum Gasteiger partial charge on any atom is -0.497 e. The number of ether oxygens (including phenoxy) is 2. The van der Waals surface area contributed by atoms with Gasteiger partial charge < -0.3 is 9.47 Å². The van der Waals surface area contributed by atoms with Crippen LogP contribution in [0.4, 0.5) is 0 Å². The monoisotopic (exact) mass is 549 g/mol. The van der Waals surface area contributed by atoms with Crippen LogP contribution in [0.15, 0.2) is 113 Å². The van der Waals surface area contributed by atoms with Gasteiger partial charge in [-0.25, -0.2) is 5.43 Å². The number of nitrogens with one attached hydrogen (secondary N) is 1. The van der Waals surface area contributed by atoms with Gasteiger partial charge in [0.25, 0.3) is 5.91 Å². The number of para-hydroxylation sites is 1. The van der Waals surface area contributed by atoms with E-state index in [-0.39, 0.29) is 11.7 Å². The quantitative estimate of drug-likeness (QED) is 0.125. The Morgan fingerprint density at radius 2 is 1.65 bits per heavy atom. The fraction of sp³-hybridized carbons (Fsp3) is 0.0968. The van der Waals surface area contributed by atoms with E-state index in [0.717, 1.165) is 33.9 Å². The average Bonchev–Trinajstić information content (AvgIpc) is 3.41. The number of hydrazone groups is 1. The molecule has 9 heteroatoms. The van der Waals surface area contributed by atoms with Crippen LogP contribution in [0.25, 0.3) is 17.1 Å². The highest BCUT2D eigenvalue weighted by molar-refractivity contribution is 7.99. The number of hydrogen-bond acceptors (Lipinski definition) is 7. The molecule has 40 heavy (non-hydrogen) atoms. The summed E-state index contributed by atoms with van der Waals surface area (Å²) in [5, 5.41) is 13.5. The van der Waals surface area contributed by atoms with Crippen LogP contribution in [-0.4, -0.2) is 39.7 Å². The largest absolute Gasteiger partial charge is 0.497 e. The zero-order valence-corrected chi connectivity index (χ0v) is 22.8. The van der Waals surface area contributed by atoms with Gasteiger partial charge in [0.1, 0.15) is 17.2 Å². The molecular weight excluding hydrogens is 522 g/mol. The molecule has 0 unspecified atom stereocenters. The third-order valence-electron chi connectivity index (χ3n) is 5.85. The van der Waals surface area contributed by atoms with Crippen molar-refractivity contribution in [3.8, 4) is 34.3 Å². The van der Waals surface area contributed by atoms with E-state index in [0.29, 0.717) is 16.7 Å². The second-order valence-electron chi connectivity index (χ2n) is 8.78. The molecule has 0 atom stereocenters. The van der Waals surface area contributed by atoms with Crippen LogP contribution in [0.1, 0.15) is 11.1 Å². The Kier molecular flexibility index (Phi) is 8.53. The van der Waals surface area contributed by atoms with E-state index in [2.05, 4.69) is 20.7 Å². The Bertz CT molecular complexity index is 1600. The molecule has 1 amide bonds. The summed E-state index contributed by atoms with van der Waals surface area (Å²) >= 11 is 1.29. The number of carbonyl (C=O) groups excluding carboxylic acids is 1. The number of rotatable bonds is 10. The molecule has 1 N–H and O–H groups in total. The number of nitrogens with zero attached hydrogens (tertiary/aromatic N) is 4. The summed E-state index contributed by atoms with van der Waals surface area (Å²) in [4.78, 5) is 12.6. The van der Waals surface area contributed by atoms with Crippen LogP contribution < -0.4 is 14.9 Å². The van der Waals surface area contributed by atoms with Gasteiger partial charge in [-0.3, -0.25) is 9.36 Å². The summed E-state index contributed by atoms with van der Waals surface area (Å²) in [6.07, 6.45) is 1.58. The Morgan fingerprint density at radius 1 is 0.900 bits per heavy atom. The van der Waals surface area contributed by atoms with Gasteiger partial charge in [-0.05, 0) is 73.2 Å². The van der Waals surface area contributed by atoms with E-state index in [1.54, 1.807) is 13.3 Å². The lowest BCUT2D eigenvalue weighted by atomic mass is 10.2. The topological polar surface area (TPSA) is 90.6 Å². The van der Waals surface area contributed by atoms with E-state index in [9.17, 15) is 4.79 Å². The van der Waals surface area contributed by atoms with Crippen molar-refractivity contribution in [2.45, 2.75) is 12.1 Å².